The first-order valence-corrected chi connectivity index (χ1v) is 9.75. The number of amides is 1. The molecule has 0 unspecified atom stereocenters. The van der Waals surface area contributed by atoms with Gasteiger partial charge in [0.15, 0.2) is 11.0 Å². The number of nitrogens with two attached hydrogens (primary N) is 1. The number of nitrogens with zero attached hydrogens (tertiary/aromatic N) is 1. The normalized spacial score (nSPS) is 10.8. The molecule has 1 heterocycles. The Morgan fingerprint density at radius 3 is 2.59 bits per heavy atom. The summed E-state index contributed by atoms with van der Waals surface area (Å²) in [6.07, 6.45) is 3.95. The van der Waals surface area contributed by atoms with Gasteiger partial charge in [-0.05, 0) is 29.8 Å². The molecule has 0 spiro atoms. The first-order valence-electron chi connectivity index (χ1n) is 8.76. The summed E-state index contributed by atoms with van der Waals surface area (Å²) in [4.78, 5) is 31.5. The minimum Gasteiger partial charge on any atom is -0.497 e. The van der Waals surface area contributed by atoms with E-state index in [4.69, 9.17) is 10.5 Å². The van der Waals surface area contributed by atoms with Crippen LogP contribution >= 0.6 is 11.8 Å². The lowest BCUT2D eigenvalue weighted by Crippen LogP contribution is -2.23. The highest BCUT2D eigenvalue weighted by Crippen LogP contribution is 2.18. The Bertz CT molecular complexity index is 1060. The Hall–Kier alpha value is -3.52. The van der Waals surface area contributed by atoms with E-state index in [1.165, 1.54) is 18.9 Å². The Morgan fingerprint density at radius 2 is 1.93 bits per heavy atom. The molecule has 3 aromatic rings. The first kappa shape index (κ1) is 20.2. The van der Waals surface area contributed by atoms with Crippen molar-refractivity contribution in [1.82, 2.24) is 9.97 Å². The second-order valence-corrected chi connectivity index (χ2v) is 6.95. The number of carbonyl (C=O) groups is 1. The highest BCUT2D eigenvalue weighted by molar-refractivity contribution is 7.99. The predicted octanol–water partition coefficient (Wildman–Crippen LogP) is 3.42. The van der Waals surface area contributed by atoms with Crippen molar-refractivity contribution >= 4 is 35.3 Å². The zero-order valence-electron chi connectivity index (χ0n) is 15.7. The van der Waals surface area contributed by atoms with Crippen LogP contribution < -0.4 is 21.3 Å². The number of methoxy groups -OCH3 is 1. The summed E-state index contributed by atoms with van der Waals surface area (Å²) in [5.74, 6) is 0.737. The standard InChI is InChI=1S/C21H20N4O3S/c1-28-16-11-9-15(10-12-16)19(26)23-17-18(22)24-21(25-20(17)27)29-13-5-8-14-6-3-2-4-7-14/h2-12H,13H2,1H3,(H,23,26)(H3,22,24,25,27)/b8-5+. The molecule has 0 saturated carbocycles. The number of aromatic amines is 1. The number of nitrogen functional groups attached to an aromatic ring is 1. The van der Waals surface area contributed by atoms with Crippen LogP contribution in [-0.2, 0) is 0 Å². The molecular formula is C21H20N4O3S. The van der Waals surface area contributed by atoms with Crippen LogP contribution in [0.15, 0.2) is 70.6 Å². The van der Waals surface area contributed by atoms with E-state index in [-0.39, 0.29) is 11.5 Å². The number of H-pyrrole nitrogens is 1. The van der Waals surface area contributed by atoms with Crippen molar-refractivity contribution in [2.24, 2.45) is 0 Å². The smallest absolute Gasteiger partial charge is 0.277 e. The van der Waals surface area contributed by atoms with Crippen LogP contribution in [0.2, 0.25) is 0 Å². The lowest BCUT2D eigenvalue weighted by Gasteiger charge is -2.08. The number of thioether (sulfide) groups is 1. The zero-order chi connectivity index (χ0) is 20.6. The van der Waals surface area contributed by atoms with Crippen molar-refractivity contribution < 1.29 is 9.53 Å². The summed E-state index contributed by atoms with van der Waals surface area (Å²) >= 11 is 1.34. The van der Waals surface area contributed by atoms with Crippen LogP contribution in [0.25, 0.3) is 6.08 Å². The summed E-state index contributed by atoms with van der Waals surface area (Å²) < 4.78 is 5.06. The number of carbonyl (C=O) groups excluding carboxylic acids is 1. The molecule has 0 aliphatic carbocycles. The molecule has 1 aromatic heterocycles. The SMILES string of the molecule is COc1ccc(C(=O)Nc2c(N)nc(SC/C=C/c3ccccc3)[nH]c2=O)cc1. The average Bonchev–Trinajstić information content (AvgIpc) is 2.74. The molecule has 0 saturated heterocycles. The molecule has 0 fully saturated rings. The van der Waals surface area contributed by atoms with E-state index in [2.05, 4.69) is 15.3 Å². The molecule has 1 amide bonds. The molecule has 7 nitrogen and oxygen atoms in total. The van der Waals surface area contributed by atoms with E-state index in [1.807, 2.05) is 42.5 Å². The Balaban J connectivity index is 1.64. The van der Waals surface area contributed by atoms with Crippen LogP contribution in [0.1, 0.15) is 15.9 Å². The Morgan fingerprint density at radius 1 is 1.21 bits per heavy atom. The predicted molar refractivity (Wildman–Crippen MR) is 116 cm³/mol. The van der Waals surface area contributed by atoms with Crippen molar-refractivity contribution in [3.63, 3.8) is 0 Å². The Labute approximate surface area is 172 Å². The maximum Gasteiger partial charge on any atom is 0.277 e. The van der Waals surface area contributed by atoms with Crippen LogP contribution in [-0.4, -0.2) is 28.7 Å². The van der Waals surface area contributed by atoms with Gasteiger partial charge in [0.1, 0.15) is 11.4 Å². The van der Waals surface area contributed by atoms with Gasteiger partial charge in [0, 0.05) is 11.3 Å². The summed E-state index contributed by atoms with van der Waals surface area (Å²) in [6, 6.07) is 16.4. The fourth-order valence-electron chi connectivity index (χ4n) is 2.46. The minimum absolute atomic E-state index is 0.0369. The zero-order valence-corrected chi connectivity index (χ0v) is 16.5. The van der Waals surface area contributed by atoms with Gasteiger partial charge in [-0.1, -0.05) is 54.2 Å². The van der Waals surface area contributed by atoms with Crippen molar-refractivity contribution in [3.05, 3.63) is 82.2 Å². The highest BCUT2D eigenvalue weighted by Gasteiger charge is 2.14. The summed E-state index contributed by atoms with van der Waals surface area (Å²) in [7, 11) is 1.54. The van der Waals surface area contributed by atoms with Gasteiger partial charge < -0.3 is 15.8 Å². The second-order valence-electron chi connectivity index (χ2n) is 5.94. The largest absolute Gasteiger partial charge is 0.497 e. The highest BCUT2D eigenvalue weighted by atomic mass is 32.2. The average molecular weight is 408 g/mol. The third-order valence-electron chi connectivity index (χ3n) is 3.94. The number of ether oxygens (including phenoxy) is 1. The van der Waals surface area contributed by atoms with Gasteiger partial charge in [0.05, 0.1) is 7.11 Å². The summed E-state index contributed by atoms with van der Waals surface area (Å²) in [6.45, 7) is 0. The molecule has 0 aliphatic rings. The topological polar surface area (TPSA) is 110 Å². The number of rotatable bonds is 7. The Kier molecular flexibility index (Phi) is 6.70. The number of hydrogen-bond acceptors (Lipinski definition) is 6. The monoisotopic (exact) mass is 408 g/mol. The molecule has 8 heteroatoms. The third kappa shape index (κ3) is 5.49. The molecule has 0 bridgehead atoms. The number of anilines is 2. The molecule has 0 atom stereocenters. The maximum absolute atomic E-state index is 12.3. The third-order valence-corrected chi connectivity index (χ3v) is 4.77. The molecular weight excluding hydrogens is 388 g/mol. The molecule has 0 aliphatic heterocycles. The molecule has 4 N–H and O–H groups in total. The number of hydrogen-bond donors (Lipinski definition) is 3. The van der Waals surface area contributed by atoms with Crippen molar-refractivity contribution in [2.45, 2.75) is 5.16 Å². The van der Waals surface area contributed by atoms with Crippen molar-refractivity contribution in [1.29, 1.82) is 0 Å². The van der Waals surface area contributed by atoms with E-state index < -0.39 is 11.5 Å². The number of aromatic nitrogens is 2. The molecule has 148 valence electrons. The lowest BCUT2D eigenvalue weighted by molar-refractivity contribution is 0.102. The van der Waals surface area contributed by atoms with Gasteiger partial charge in [0.2, 0.25) is 0 Å². The minimum atomic E-state index is -0.506. The van der Waals surface area contributed by atoms with Gasteiger partial charge in [-0.15, -0.1) is 0 Å². The summed E-state index contributed by atoms with van der Waals surface area (Å²) in [5, 5.41) is 2.90. The van der Waals surface area contributed by atoms with Crippen LogP contribution in [0.5, 0.6) is 5.75 Å². The molecule has 3 rings (SSSR count). The van der Waals surface area contributed by atoms with E-state index in [0.29, 0.717) is 22.2 Å². The van der Waals surface area contributed by atoms with Crippen molar-refractivity contribution in [3.8, 4) is 5.75 Å². The van der Waals surface area contributed by atoms with Gasteiger partial charge in [-0.3, -0.25) is 14.6 Å². The van der Waals surface area contributed by atoms with Crippen molar-refractivity contribution in [2.75, 3.05) is 23.9 Å². The first-order chi connectivity index (χ1) is 14.1. The van der Waals surface area contributed by atoms with Crippen LogP contribution in [0.4, 0.5) is 11.5 Å². The fourth-order valence-corrected chi connectivity index (χ4v) is 3.14. The van der Waals surface area contributed by atoms with E-state index in [9.17, 15) is 9.59 Å². The van der Waals surface area contributed by atoms with Crippen LogP contribution in [0, 0.1) is 0 Å². The van der Waals surface area contributed by atoms with Gasteiger partial charge in [-0.2, -0.15) is 0 Å². The fraction of sp³-hybridized carbons (Fsp3) is 0.0952. The van der Waals surface area contributed by atoms with Crippen LogP contribution in [0.3, 0.4) is 0 Å². The van der Waals surface area contributed by atoms with E-state index >= 15 is 0 Å². The summed E-state index contributed by atoms with van der Waals surface area (Å²) in [5.41, 5.74) is 6.77. The maximum atomic E-state index is 12.3. The van der Waals surface area contributed by atoms with E-state index in [1.54, 1.807) is 24.3 Å². The van der Waals surface area contributed by atoms with Gasteiger partial charge in [0.25, 0.3) is 11.5 Å². The van der Waals surface area contributed by atoms with Gasteiger partial charge >= 0.3 is 0 Å². The number of benzene rings is 2. The second kappa shape index (κ2) is 9.61. The van der Waals surface area contributed by atoms with Gasteiger partial charge in [-0.25, -0.2) is 4.98 Å². The quantitative estimate of drug-likeness (QED) is 0.408. The lowest BCUT2D eigenvalue weighted by atomic mass is 10.2. The van der Waals surface area contributed by atoms with E-state index in [0.717, 1.165) is 5.56 Å². The number of nitrogens with one attached hydrogen (secondary N) is 2. The molecule has 29 heavy (non-hydrogen) atoms. The molecule has 0 radical (unpaired) electrons. The molecule has 2 aromatic carbocycles.